The van der Waals surface area contributed by atoms with Gasteiger partial charge in [0.1, 0.15) is 10.7 Å². The number of aryl methyl sites for hydroxylation is 1. The zero-order valence-electron chi connectivity index (χ0n) is 14.5. The number of thiazole rings is 1. The van der Waals surface area contributed by atoms with Crippen LogP contribution in [0.4, 0.5) is 24.8 Å². The Morgan fingerprint density at radius 1 is 1.07 bits per heavy atom. The van der Waals surface area contributed by atoms with Crippen molar-refractivity contribution in [2.75, 3.05) is 5.32 Å². The number of hydrogen-bond donors (Lipinski definition) is 1. The Balaban J connectivity index is 1.58. The van der Waals surface area contributed by atoms with Crippen molar-refractivity contribution in [3.8, 4) is 21.0 Å². The third-order valence-electron chi connectivity index (χ3n) is 3.81. The normalized spacial score (nSPS) is 11.6. The van der Waals surface area contributed by atoms with Gasteiger partial charge in [0.25, 0.3) is 0 Å². The van der Waals surface area contributed by atoms with Crippen LogP contribution in [0.15, 0.2) is 55.1 Å². The average molecular weight is 402 g/mol. The summed E-state index contributed by atoms with van der Waals surface area (Å²) >= 11 is 1.50. The van der Waals surface area contributed by atoms with Crippen LogP contribution in [0.2, 0.25) is 0 Å². The van der Waals surface area contributed by atoms with Crippen molar-refractivity contribution < 1.29 is 13.2 Å². The Kier molecular flexibility index (Phi) is 4.55. The Morgan fingerprint density at radius 2 is 1.93 bits per heavy atom. The van der Waals surface area contributed by atoms with Crippen molar-refractivity contribution in [3.63, 3.8) is 0 Å². The maximum absolute atomic E-state index is 12.8. The number of halogens is 3. The minimum Gasteiger partial charge on any atom is -0.324 e. The van der Waals surface area contributed by atoms with E-state index in [0.717, 1.165) is 33.3 Å². The molecule has 0 fully saturated rings. The quantitative estimate of drug-likeness (QED) is 0.533. The van der Waals surface area contributed by atoms with Crippen molar-refractivity contribution in [3.05, 3.63) is 60.8 Å². The number of anilines is 2. The van der Waals surface area contributed by atoms with Crippen LogP contribution in [0.3, 0.4) is 0 Å². The molecule has 0 aliphatic rings. The minimum atomic E-state index is -4.52. The molecule has 0 radical (unpaired) electrons. The van der Waals surface area contributed by atoms with Crippen LogP contribution in [-0.2, 0) is 13.2 Å². The smallest absolute Gasteiger partial charge is 0.324 e. The fourth-order valence-corrected chi connectivity index (χ4v) is 3.42. The van der Waals surface area contributed by atoms with Gasteiger partial charge in [0.15, 0.2) is 0 Å². The highest BCUT2D eigenvalue weighted by molar-refractivity contribution is 7.18. The fourth-order valence-electron chi connectivity index (χ4n) is 2.53. The topological polar surface area (TPSA) is 68.5 Å². The van der Waals surface area contributed by atoms with Crippen molar-refractivity contribution in [1.82, 2.24) is 24.7 Å². The molecule has 6 nitrogen and oxygen atoms in total. The first kappa shape index (κ1) is 18.1. The van der Waals surface area contributed by atoms with E-state index < -0.39 is 11.9 Å². The van der Waals surface area contributed by atoms with Crippen molar-refractivity contribution in [2.45, 2.75) is 6.18 Å². The second-order valence-electron chi connectivity index (χ2n) is 5.90. The lowest BCUT2D eigenvalue weighted by Gasteiger charge is -2.09. The van der Waals surface area contributed by atoms with Crippen molar-refractivity contribution in [1.29, 1.82) is 0 Å². The molecule has 0 bridgehead atoms. The third-order valence-corrected chi connectivity index (χ3v) is 4.90. The van der Waals surface area contributed by atoms with E-state index in [1.54, 1.807) is 29.2 Å². The summed E-state index contributed by atoms with van der Waals surface area (Å²) in [6, 6.07) is 8.08. The Hall–Kier alpha value is -3.27. The molecule has 0 amide bonds. The molecule has 4 aromatic rings. The number of hydrogen-bond acceptors (Lipinski definition) is 6. The first-order valence-electron chi connectivity index (χ1n) is 8.11. The molecule has 1 N–H and O–H groups in total. The zero-order valence-corrected chi connectivity index (χ0v) is 15.3. The predicted molar refractivity (Wildman–Crippen MR) is 100 cm³/mol. The summed E-state index contributed by atoms with van der Waals surface area (Å²) in [4.78, 5) is 12.7. The third kappa shape index (κ3) is 3.86. The number of alkyl halides is 3. The van der Waals surface area contributed by atoms with Crippen LogP contribution >= 0.6 is 11.3 Å². The maximum atomic E-state index is 12.8. The molecule has 28 heavy (non-hydrogen) atoms. The summed E-state index contributed by atoms with van der Waals surface area (Å²) in [5.74, 6) is -0.118. The predicted octanol–water partition coefficient (Wildman–Crippen LogP) is 4.76. The van der Waals surface area contributed by atoms with Gasteiger partial charge < -0.3 is 5.32 Å². The highest BCUT2D eigenvalue weighted by atomic mass is 32.1. The zero-order chi connectivity index (χ0) is 19.7. The summed E-state index contributed by atoms with van der Waals surface area (Å²) in [5, 5.41) is 7.79. The van der Waals surface area contributed by atoms with Crippen LogP contribution in [0.1, 0.15) is 5.69 Å². The molecule has 4 rings (SSSR count). The van der Waals surface area contributed by atoms with E-state index in [2.05, 4.69) is 25.4 Å². The summed E-state index contributed by atoms with van der Waals surface area (Å²) in [6.07, 6.45) is 1.93. The molecule has 142 valence electrons. The van der Waals surface area contributed by atoms with Crippen LogP contribution in [0, 0.1) is 0 Å². The molecule has 1 aromatic carbocycles. The highest BCUT2D eigenvalue weighted by Crippen LogP contribution is 2.33. The van der Waals surface area contributed by atoms with Gasteiger partial charge in [0, 0.05) is 36.9 Å². The second kappa shape index (κ2) is 7.04. The molecule has 0 atom stereocenters. The maximum Gasteiger partial charge on any atom is 0.433 e. The van der Waals surface area contributed by atoms with Crippen molar-refractivity contribution >= 4 is 23.0 Å². The molecular formula is C18H13F3N6S. The van der Waals surface area contributed by atoms with E-state index >= 15 is 0 Å². The van der Waals surface area contributed by atoms with Gasteiger partial charge in [0.2, 0.25) is 5.95 Å². The van der Waals surface area contributed by atoms with Crippen LogP contribution < -0.4 is 5.32 Å². The van der Waals surface area contributed by atoms with E-state index in [4.69, 9.17) is 0 Å². The number of nitrogens with zero attached hydrogens (tertiary/aromatic N) is 5. The molecule has 0 aliphatic heterocycles. The monoisotopic (exact) mass is 402 g/mol. The van der Waals surface area contributed by atoms with Gasteiger partial charge in [-0.05, 0) is 23.8 Å². The molecule has 0 spiro atoms. The summed E-state index contributed by atoms with van der Waals surface area (Å²) in [5.41, 5.74) is 1.38. The number of aromatic nitrogens is 5. The number of nitrogens with one attached hydrogen (secondary N) is 1. The van der Waals surface area contributed by atoms with Crippen LogP contribution in [-0.4, -0.2) is 24.7 Å². The molecule has 0 unspecified atom stereocenters. The minimum absolute atomic E-state index is 0.118. The molecule has 0 aliphatic carbocycles. The van der Waals surface area contributed by atoms with Gasteiger partial charge in [-0.2, -0.15) is 18.3 Å². The molecular weight excluding hydrogens is 389 g/mol. The van der Waals surface area contributed by atoms with E-state index in [0.29, 0.717) is 5.69 Å². The largest absolute Gasteiger partial charge is 0.433 e. The fraction of sp³-hybridized carbons (Fsp3) is 0.111. The first-order chi connectivity index (χ1) is 13.4. The molecule has 3 heterocycles. The first-order valence-corrected chi connectivity index (χ1v) is 8.93. The Morgan fingerprint density at radius 3 is 2.68 bits per heavy atom. The number of benzene rings is 1. The standard InChI is InChI=1S/C18H13F3N6S/c1-27-10-12(8-24-27)16-23-9-14(28-16)11-3-2-4-13(7-11)25-17-22-6-5-15(26-17)18(19,20)21/h2-10H,1H3,(H,22,25,26). The summed E-state index contributed by atoms with van der Waals surface area (Å²) < 4.78 is 40.1. The van der Waals surface area contributed by atoms with E-state index in [1.807, 2.05) is 25.4 Å². The van der Waals surface area contributed by atoms with Gasteiger partial charge in [0.05, 0.1) is 11.1 Å². The lowest BCUT2D eigenvalue weighted by Crippen LogP contribution is -2.10. The van der Waals surface area contributed by atoms with Crippen LogP contribution in [0.25, 0.3) is 21.0 Å². The van der Waals surface area contributed by atoms with E-state index in [1.165, 1.54) is 11.3 Å². The Labute approximate surface area is 161 Å². The highest BCUT2D eigenvalue weighted by Gasteiger charge is 2.32. The van der Waals surface area contributed by atoms with E-state index in [-0.39, 0.29) is 5.95 Å². The van der Waals surface area contributed by atoms with Crippen molar-refractivity contribution in [2.24, 2.45) is 7.05 Å². The van der Waals surface area contributed by atoms with Gasteiger partial charge in [-0.3, -0.25) is 4.68 Å². The van der Waals surface area contributed by atoms with Gasteiger partial charge in [-0.25, -0.2) is 15.0 Å². The molecule has 0 saturated carbocycles. The lowest BCUT2D eigenvalue weighted by atomic mass is 10.2. The van der Waals surface area contributed by atoms with Gasteiger partial charge in [-0.1, -0.05) is 12.1 Å². The summed E-state index contributed by atoms with van der Waals surface area (Å²) in [7, 11) is 1.84. The molecule has 10 heteroatoms. The summed E-state index contributed by atoms with van der Waals surface area (Å²) in [6.45, 7) is 0. The van der Waals surface area contributed by atoms with Gasteiger partial charge in [-0.15, -0.1) is 11.3 Å². The van der Waals surface area contributed by atoms with E-state index in [9.17, 15) is 13.2 Å². The SMILES string of the molecule is Cn1cc(-c2ncc(-c3cccc(Nc4nccc(C(F)(F)F)n4)c3)s2)cn1. The van der Waals surface area contributed by atoms with Crippen LogP contribution in [0.5, 0.6) is 0 Å². The molecule has 3 aromatic heterocycles. The Bertz CT molecular complexity index is 1120. The molecule has 0 saturated heterocycles. The van der Waals surface area contributed by atoms with Gasteiger partial charge >= 0.3 is 6.18 Å². The average Bonchev–Trinajstić information content (AvgIpc) is 3.30. The lowest BCUT2D eigenvalue weighted by molar-refractivity contribution is -0.141. The number of rotatable bonds is 4. The second-order valence-corrected chi connectivity index (χ2v) is 6.93.